The van der Waals surface area contributed by atoms with Crippen LogP contribution in [0.25, 0.3) is 10.9 Å². The van der Waals surface area contributed by atoms with Crippen LogP contribution in [0.4, 0.5) is 0 Å². The fourth-order valence-corrected chi connectivity index (χ4v) is 4.12. The second-order valence-corrected chi connectivity index (χ2v) is 7.79. The first kappa shape index (κ1) is 19.2. The van der Waals surface area contributed by atoms with Crippen LogP contribution in [-0.4, -0.2) is 40.8 Å². The Labute approximate surface area is 171 Å². The number of piperidine rings is 1. The highest BCUT2D eigenvalue weighted by Crippen LogP contribution is 2.21. The molecule has 0 bridgehead atoms. The van der Waals surface area contributed by atoms with Crippen molar-refractivity contribution in [3.63, 3.8) is 0 Å². The number of rotatable bonds is 5. The smallest absolute Gasteiger partial charge is 0.252 e. The van der Waals surface area contributed by atoms with Gasteiger partial charge in [-0.1, -0.05) is 36.4 Å². The molecule has 0 saturated carbocycles. The highest BCUT2D eigenvalue weighted by Gasteiger charge is 2.28. The second kappa shape index (κ2) is 8.52. The van der Waals surface area contributed by atoms with Gasteiger partial charge in [0, 0.05) is 42.2 Å². The molecule has 2 heterocycles. The third kappa shape index (κ3) is 4.19. The molecule has 5 nitrogen and oxygen atoms in total. The van der Waals surface area contributed by atoms with Crippen molar-refractivity contribution in [3.05, 3.63) is 71.4 Å². The Hall–Kier alpha value is -3.08. The van der Waals surface area contributed by atoms with Crippen LogP contribution in [0.2, 0.25) is 0 Å². The fourth-order valence-electron chi connectivity index (χ4n) is 4.12. The molecule has 150 valence electrons. The van der Waals surface area contributed by atoms with Crippen LogP contribution in [0.3, 0.4) is 0 Å². The fraction of sp³-hybridized carbons (Fsp3) is 0.333. The molecule has 4 rings (SSSR count). The summed E-state index contributed by atoms with van der Waals surface area (Å²) in [6.07, 6.45) is 5.62. The van der Waals surface area contributed by atoms with E-state index in [1.807, 2.05) is 60.5 Å². The van der Waals surface area contributed by atoms with E-state index in [9.17, 15) is 9.59 Å². The molecule has 2 N–H and O–H groups in total. The van der Waals surface area contributed by atoms with Crippen LogP contribution in [0.15, 0.2) is 54.7 Å². The summed E-state index contributed by atoms with van der Waals surface area (Å²) in [6, 6.07) is 14.9. The first-order chi connectivity index (χ1) is 14.1. The summed E-state index contributed by atoms with van der Waals surface area (Å²) < 4.78 is 0. The van der Waals surface area contributed by atoms with Gasteiger partial charge in [0.25, 0.3) is 5.91 Å². The molecule has 3 aromatic rings. The number of carbonyl (C=O) groups excluding carboxylic acids is 2. The summed E-state index contributed by atoms with van der Waals surface area (Å²) >= 11 is 0. The number of H-pyrrole nitrogens is 1. The molecular weight excluding hydrogens is 362 g/mol. The molecule has 0 spiro atoms. The number of hydrogen-bond acceptors (Lipinski definition) is 2. The molecule has 5 heteroatoms. The van der Waals surface area contributed by atoms with Gasteiger partial charge in [-0.15, -0.1) is 0 Å². The van der Waals surface area contributed by atoms with E-state index in [1.54, 1.807) is 6.07 Å². The van der Waals surface area contributed by atoms with Gasteiger partial charge in [0.15, 0.2) is 0 Å². The number of para-hydroxylation sites is 1. The molecule has 1 aliphatic heterocycles. The zero-order valence-corrected chi connectivity index (χ0v) is 16.8. The van der Waals surface area contributed by atoms with E-state index in [1.165, 1.54) is 0 Å². The average Bonchev–Trinajstić information content (AvgIpc) is 3.16. The number of nitrogens with one attached hydrogen (secondary N) is 2. The van der Waals surface area contributed by atoms with Crippen LogP contribution in [-0.2, 0) is 11.2 Å². The van der Waals surface area contributed by atoms with Gasteiger partial charge in [0.2, 0.25) is 5.91 Å². The van der Waals surface area contributed by atoms with Crippen molar-refractivity contribution in [2.75, 3.05) is 13.1 Å². The van der Waals surface area contributed by atoms with Gasteiger partial charge in [-0.25, -0.2) is 0 Å². The molecule has 1 saturated heterocycles. The van der Waals surface area contributed by atoms with Gasteiger partial charge in [0.05, 0.1) is 0 Å². The number of aryl methyl sites for hydroxylation is 1. The summed E-state index contributed by atoms with van der Waals surface area (Å²) in [5, 5.41) is 4.12. The topological polar surface area (TPSA) is 65.2 Å². The van der Waals surface area contributed by atoms with Crippen LogP contribution < -0.4 is 5.32 Å². The van der Waals surface area contributed by atoms with Crippen molar-refractivity contribution >= 4 is 22.7 Å². The van der Waals surface area contributed by atoms with Gasteiger partial charge in [-0.05, 0) is 49.4 Å². The lowest BCUT2D eigenvalue weighted by atomic mass is 10.0. The number of aromatic nitrogens is 1. The van der Waals surface area contributed by atoms with Crippen molar-refractivity contribution in [2.24, 2.45) is 0 Å². The minimum Gasteiger partial charge on any atom is -0.361 e. The van der Waals surface area contributed by atoms with Gasteiger partial charge >= 0.3 is 0 Å². The van der Waals surface area contributed by atoms with Gasteiger partial charge in [-0.3, -0.25) is 9.59 Å². The average molecular weight is 389 g/mol. The maximum absolute atomic E-state index is 13.3. The number of aromatic amines is 1. The van der Waals surface area contributed by atoms with Crippen LogP contribution in [0, 0.1) is 6.92 Å². The summed E-state index contributed by atoms with van der Waals surface area (Å²) in [4.78, 5) is 31.5. The molecule has 0 aliphatic carbocycles. The summed E-state index contributed by atoms with van der Waals surface area (Å²) in [5.41, 5.74) is 3.60. The minimum atomic E-state index is -0.584. The quantitative estimate of drug-likeness (QED) is 0.696. The number of fused-ring (bicyclic) bond motifs is 1. The van der Waals surface area contributed by atoms with Gasteiger partial charge in [0.1, 0.15) is 6.04 Å². The number of nitrogens with zero attached hydrogens (tertiary/aromatic N) is 1. The summed E-state index contributed by atoms with van der Waals surface area (Å²) in [5.74, 6) is -0.185. The van der Waals surface area contributed by atoms with E-state index in [4.69, 9.17) is 0 Å². The third-order valence-corrected chi connectivity index (χ3v) is 5.76. The van der Waals surface area contributed by atoms with Gasteiger partial charge < -0.3 is 15.2 Å². The standard InChI is InChI=1S/C24H27N3O2/c1-17-9-3-4-10-19(17)23(28)26-22(24(29)27-13-7-2-8-14-27)15-18-16-25-21-12-6-5-11-20(18)21/h3-6,9-12,16,22,25H,2,7-8,13-15H2,1H3,(H,26,28)/t22-/m0/s1. The summed E-state index contributed by atoms with van der Waals surface area (Å²) in [6.45, 7) is 3.45. The number of likely N-dealkylation sites (tertiary alicyclic amines) is 1. The predicted molar refractivity (Wildman–Crippen MR) is 115 cm³/mol. The lowest BCUT2D eigenvalue weighted by Crippen LogP contribution is -2.51. The lowest BCUT2D eigenvalue weighted by molar-refractivity contribution is -0.134. The molecule has 2 aromatic carbocycles. The van der Waals surface area contributed by atoms with E-state index in [-0.39, 0.29) is 11.8 Å². The molecule has 0 radical (unpaired) electrons. The molecule has 29 heavy (non-hydrogen) atoms. The maximum Gasteiger partial charge on any atom is 0.252 e. The molecule has 2 amide bonds. The maximum atomic E-state index is 13.3. The van der Waals surface area contributed by atoms with Gasteiger partial charge in [-0.2, -0.15) is 0 Å². The monoisotopic (exact) mass is 389 g/mol. The SMILES string of the molecule is Cc1ccccc1C(=O)N[C@@H](Cc1c[nH]c2ccccc12)C(=O)N1CCCCC1. The first-order valence-electron chi connectivity index (χ1n) is 10.3. The highest BCUT2D eigenvalue weighted by atomic mass is 16.2. The third-order valence-electron chi connectivity index (χ3n) is 5.76. The van der Waals surface area contributed by atoms with E-state index >= 15 is 0 Å². The first-order valence-corrected chi connectivity index (χ1v) is 10.3. The highest BCUT2D eigenvalue weighted by molar-refractivity contribution is 5.99. The molecule has 1 aromatic heterocycles. The molecule has 0 unspecified atom stereocenters. The number of carbonyl (C=O) groups is 2. The minimum absolute atomic E-state index is 0.0110. The second-order valence-electron chi connectivity index (χ2n) is 7.79. The Kier molecular flexibility index (Phi) is 5.65. The van der Waals surface area contributed by atoms with E-state index < -0.39 is 6.04 Å². The number of benzene rings is 2. The van der Waals surface area contributed by atoms with E-state index in [0.29, 0.717) is 12.0 Å². The van der Waals surface area contributed by atoms with Crippen molar-refractivity contribution in [1.29, 1.82) is 0 Å². The zero-order chi connectivity index (χ0) is 20.2. The molecule has 1 fully saturated rings. The van der Waals surface area contributed by atoms with Crippen LogP contribution >= 0.6 is 0 Å². The van der Waals surface area contributed by atoms with Crippen molar-refractivity contribution in [3.8, 4) is 0 Å². The van der Waals surface area contributed by atoms with Crippen molar-refractivity contribution in [2.45, 2.75) is 38.6 Å². The number of hydrogen-bond donors (Lipinski definition) is 2. The number of amides is 2. The molecular formula is C24H27N3O2. The van der Waals surface area contributed by atoms with Crippen LogP contribution in [0.5, 0.6) is 0 Å². The Morgan fingerprint density at radius 1 is 1.03 bits per heavy atom. The van der Waals surface area contributed by atoms with Crippen molar-refractivity contribution < 1.29 is 9.59 Å². The zero-order valence-electron chi connectivity index (χ0n) is 16.8. The lowest BCUT2D eigenvalue weighted by Gasteiger charge is -2.31. The normalized spacial score (nSPS) is 15.3. The molecule has 1 atom stereocenters. The van der Waals surface area contributed by atoms with E-state index in [2.05, 4.69) is 10.3 Å². The Balaban J connectivity index is 1.60. The Bertz CT molecular complexity index is 1020. The van der Waals surface area contributed by atoms with Crippen molar-refractivity contribution in [1.82, 2.24) is 15.2 Å². The largest absolute Gasteiger partial charge is 0.361 e. The van der Waals surface area contributed by atoms with E-state index in [0.717, 1.165) is 54.4 Å². The Morgan fingerprint density at radius 3 is 2.55 bits per heavy atom. The van der Waals surface area contributed by atoms with Crippen LogP contribution in [0.1, 0.15) is 40.7 Å². The Morgan fingerprint density at radius 2 is 1.76 bits per heavy atom. The summed E-state index contributed by atoms with van der Waals surface area (Å²) in [7, 11) is 0. The molecule has 1 aliphatic rings. The predicted octanol–water partition coefficient (Wildman–Crippen LogP) is 3.83.